The smallest absolute Gasteiger partial charge is 0.407 e. The van der Waals surface area contributed by atoms with E-state index in [2.05, 4.69) is 10.1 Å². The zero-order valence-corrected chi connectivity index (χ0v) is 27.8. The van der Waals surface area contributed by atoms with Crippen molar-refractivity contribution in [1.29, 1.82) is 0 Å². The molecule has 1 aliphatic carbocycles. The lowest BCUT2D eigenvalue weighted by Crippen LogP contribution is -2.78. The predicted molar refractivity (Wildman–Crippen MR) is 171 cm³/mol. The summed E-state index contributed by atoms with van der Waals surface area (Å²) < 4.78 is 93.0. The van der Waals surface area contributed by atoms with Crippen LogP contribution in [0.15, 0.2) is 78.9 Å². The Morgan fingerprint density at radius 1 is 0.878 bits per heavy atom. The van der Waals surface area contributed by atoms with Crippen LogP contribution in [0.5, 0.6) is 0 Å². The SMILES string of the molecule is CO[C@@](F)(C(F)(C(=O)O)c1ccccc1)[C@](F)(N(C)C(=O)[C@@H](NC(=O)OCC1c2ccccc2-c2ccccc21)C(C)C)[C@@](C)(F)C(C)F. The van der Waals surface area contributed by atoms with Gasteiger partial charge in [-0.2, -0.15) is 0 Å². The number of ether oxygens (including phenoxy) is 2. The van der Waals surface area contributed by atoms with Crippen molar-refractivity contribution in [2.75, 3.05) is 20.8 Å². The molecule has 0 radical (unpaired) electrons. The fraction of sp³-hybridized carbons (Fsp3) is 0.417. The van der Waals surface area contributed by atoms with Crippen molar-refractivity contribution in [3.63, 3.8) is 0 Å². The summed E-state index contributed by atoms with van der Waals surface area (Å²) in [4.78, 5) is 39.2. The van der Waals surface area contributed by atoms with Crippen LogP contribution in [-0.4, -0.2) is 78.3 Å². The lowest BCUT2D eigenvalue weighted by atomic mass is 9.74. The molecular formula is C36H39F5N2O6. The van der Waals surface area contributed by atoms with Crippen molar-refractivity contribution in [2.45, 2.75) is 68.8 Å². The molecule has 0 aromatic heterocycles. The Labute approximate surface area is 281 Å². The van der Waals surface area contributed by atoms with E-state index in [-0.39, 0.29) is 24.3 Å². The first-order chi connectivity index (χ1) is 22.9. The second kappa shape index (κ2) is 13.8. The van der Waals surface area contributed by atoms with Gasteiger partial charge in [0.25, 0.3) is 11.5 Å². The van der Waals surface area contributed by atoms with Crippen LogP contribution in [0.25, 0.3) is 11.1 Å². The van der Waals surface area contributed by atoms with Crippen molar-refractivity contribution in [3.05, 3.63) is 95.6 Å². The van der Waals surface area contributed by atoms with Gasteiger partial charge in [-0.3, -0.25) is 4.79 Å². The Morgan fingerprint density at radius 2 is 1.37 bits per heavy atom. The number of carbonyl (C=O) groups is 3. The second-order valence-electron chi connectivity index (χ2n) is 12.5. The fourth-order valence-corrected chi connectivity index (χ4v) is 6.38. The van der Waals surface area contributed by atoms with Crippen LogP contribution >= 0.6 is 0 Å². The van der Waals surface area contributed by atoms with Gasteiger partial charge in [-0.1, -0.05) is 92.7 Å². The van der Waals surface area contributed by atoms with Gasteiger partial charge in [0, 0.05) is 25.6 Å². The number of carboxylic acids is 1. The number of hydrogen-bond donors (Lipinski definition) is 2. The molecule has 1 aliphatic rings. The standard InChI is InChI=1S/C36H39F5N2O6/c1-21(2)29(42-32(47)49-20-28-26-18-12-10-16-24(26)25-17-11-13-19-27(25)28)30(44)43(5)35(40,33(4,38)22(3)37)36(41,48-6)34(39,31(45)46)23-14-8-7-9-15-23/h7-19,21-22,28-29H,20H2,1-6H3,(H,42,47)(H,45,46)/t22?,29-,33-,34?,35+,36-/m0/s1. The van der Waals surface area contributed by atoms with E-state index in [0.717, 1.165) is 46.5 Å². The number of halogens is 5. The minimum absolute atomic E-state index is 0.180. The number of methoxy groups -OCH3 is 1. The van der Waals surface area contributed by atoms with E-state index < -0.39 is 64.6 Å². The number of aliphatic carboxylic acids is 1. The van der Waals surface area contributed by atoms with Gasteiger partial charge in [-0.15, -0.1) is 0 Å². The van der Waals surface area contributed by atoms with Gasteiger partial charge >= 0.3 is 17.9 Å². The molecule has 6 atom stereocenters. The summed E-state index contributed by atoms with van der Waals surface area (Å²) in [7, 11) is 0.860. The molecule has 0 bridgehead atoms. The first kappa shape index (κ1) is 37.3. The average molecular weight is 691 g/mol. The normalized spacial score (nSPS) is 18.8. The molecule has 0 spiro atoms. The number of nitrogens with one attached hydrogen (secondary N) is 1. The summed E-state index contributed by atoms with van der Waals surface area (Å²) in [5.41, 5.74) is -6.02. The fourth-order valence-electron chi connectivity index (χ4n) is 6.38. The Morgan fingerprint density at radius 3 is 1.82 bits per heavy atom. The van der Waals surface area contributed by atoms with Crippen molar-refractivity contribution in [2.24, 2.45) is 5.92 Å². The highest BCUT2D eigenvalue weighted by Crippen LogP contribution is 2.56. The highest BCUT2D eigenvalue weighted by molar-refractivity contribution is 5.87. The highest BCUT2D eigenvalue weighted by Gasteiger charge is 2.81. The molecule has 0 aliphatic heterocycles. The van der Waals surface area contributed by atoms with Crippen LogP contribution in [0, 0.1) is 5.92 Å². The van der Waals surface area contributed by atoms with E-state index >= 15 is 17.6 Å². The molecule has 0 fully saturated rings. The number of rotatable bonds is 13. The summed E-state index contributed by atoms with van der Waals surface area (Å²) in [6, 6.07) is 18.4. The summed E-state index contributed by atoms with van der Waals surface area (Å²) in [5.74, 6) is -15.2. The van der Waals surface area contributed by atoms with E-state index in [1.54, 1.807) is 0 Å². The number of carboxylic acid groups (broad SMARTS) is 1. The predicted octanol–water partition coefficient (Wildman–Crippen LogP) is 7.02. The van der Waals surface area contributed by atoms with Crippen LogP contribution in [0.1, 0.15) is 50.3 Å². The van der Waals surface area contributed by atoms with Crippen molar-refractivity contribution in [1.82, 2.24) is 10.2 Å². The molecule has 2 unspecified atom stereocenters. The number of amides is 2. The number of fused-ring (bicyclic) bond motifs is 3. The third-order valence-electron chi connectivity index (χ3n) is 9.35. The molecule has 0 saturated carbocycles. The maximum atomic E-state index is 17.6. The maximum Gasteiger partial charge on any atom is 0.407 e. The van der Waals surface area contributed by atoms with Gasteiger partial charge in [0.1, 0.15) is 18.8 Å². The van der Waals surface area contributed by atoms with E-state index in [4.69, 9.17) is 4.74 Å². The first-order valence-electron chi connectivity index (χ1n) is 15.5. The molecule has 2 N–H and O–H groups in total. The van der Waals surface area contributed by atoms with Crippen LogP contribution < -0.4 is 5.32 Å². The molecule has 3 aromatic carbocycles. The second-order valence-corrected chi connectivity index (χ2v) is 12.5. The zero-order valence-electron chi connectivity index (χ0n) is 27.8. The van der Waals surface area contributed by atoms with Gasteiger partial charge in [0.05, 0.1) is 0 Å². The highest BCUT2D eigenvalue weighted by atomic mass is 19.2. The molecule has 13 heteroatoms. The van der Waals surface area contributed by atoms with Crippen LogP contribution in [0.2, 0.25) is 0 Å². The van der Waals surface area contributed by atoms with Gasteiger partial charge in [-0.25, -0.2) is 31.5 Å². The van der Waals surface area contributed by atoms with Crippen molar-refractivity contribution >= 4 is 18.0 Å². The third kappa shape index (κ3) is 5.91. The number of likely N-dealkylation sites (N-methyl/N-ethyl adjacent to an activating group) is 1. The molecule has 49 heavy (non-hydrogen) atoms. The molecule has 8 nitrogen and oxygen atoms in total. The van der Waals surface area contributed by atoms with E-state index in [9.17, 15) is 23.9 Å². The minimum Gasteiger partial charge on any atom is -0.478 e. The van der Waals surface area contributed by atoms with E-state index in [1.807, 2.05) is 48.5 Å². The third-order valence-corrected chi connectivity index (χ3v) is 9.35. The molecular weight excluding hydrogens is 651 g/mol. The number of hydrogen-bond acceptors (Lipinski definition) is 5. The molecule has 2 amide bonds. The van der Waals surface area contributed by atoms with E-state index in [0.29, 0.717) is 21.1 Å². The van der Waals surface area contributed by atoms with Crippen molar-refractivity contribution in [3.8, 4) is 11.1 Å². The van der Waals surface area contributed by atoms with Crippen molar-refractivity contribution < 1.29 is 50.9 Å². The topological polar surface area (TPSA) is 105 Å². The molecule has 0 heterocycles. The van der Waals surface area contributed by atoms with Gasteiger partial charge in [-0.05, 0) is 42.0 Å². The summed E-state index contributed by atoms with van der Waals surface area (Å²) >= 11 is 0. The van der Waals surface area contributed by atoms with E-state index in [1.165, 1.54) is 19.9 Å². The molecule has 4 rings (SSSR count). The number of carbonyl (C=O) groups excluding carboxylic acids is 2. The number of benzene rings is 3. The number of alkyl halides is 5. The number of nitrogens with zero attached hydrogens (tertiary/aromatic N) is 1. The molecule has 264 valence electrons. The lowest BCUT2D eigenvalue weighted by molar-refractivity contribution is -0.351. The molecule has 3 aromatic rings. The van der Waals surface area contributed by atoms with Gasteiger partial charge in [0.15, 0.2) is 5.67 Å². The largest absolute Gasteiger partial charge is 0.478 e. The average Bonchev–Trinajstić information content (AvgIpc) is 3.41. The van der Waals surface area contributed by atoms with Gasteiger partial charge < -0.3 is 24.8 Å². The Hall–Kier alpha value is -4.52. The van der Waals surface area contributed by atoms with Crippen LogP contribution in [0.3, 0.4) is 0 Å². The Kier molecular flexibility index (Phi) is 10.5. The van der Waals surface area contributed by atoms with Crippen LogP contribution in [0.4, 0.5) is 26.7 Å². The quantitative estimate of drug-likeness (QED) is 0.148. The Bertz CT molecular complexity index is 1650. The Balaban J connectivity index is 1.69. The maximum absolute atomic E-state index is 17.6. The lowest BCUT2D eigenvalue weighted by Gasteiger charge is -2.53. The summed E-state index contributed by atoms with van der Waals surface area (Å²) in [6.07, 6.45) is -4.11. The van der Waals surface area contributed by atoms with Gasteiger partial charge in [0.2, 0.25) is 5.91 Å². The monoisotopic (exact) mass is 690 g/mol. The molecule has 0 saturated heterocycles. The zero-order chi connectivity index (χ0) is 36.5. The minimum atomic E-state index is -4.92. The first-order valence-corrected chi connectivity index (χ1v) is 15.5. The van der Waals surface area contributed by atoms with Crippen LogP contribution in [-0.2, 0) is 24.7 Å². The summed E-state index contributed by atoms with van der Waals surface area (Å²) in [5, 5.41) is 12.2. The number of alkyl carbamates (subject to hydrolysis) is 1. The summed E-state index contributed by atoms with van der Waals surface area (Å²) in [6.45, 7) is 3.34.